The Hall–Kier alpha value is -1.46. The molecule has 0 fully saturated rings. The topological polar surface area (TPSA) is 161 Å². The Morgan fingerprint density at radius 3 is 2.25 bits per heavy atom. The van der Waals surface area contributed by atoms with Crippen LogP contribution in [0.2, 0.25) is 0 Å². The Kier molecular flexibility index (Phi) is 3.19. The summed E-state index contributed by atoms with van der Waals surface area (Å²) < 4.78 is 64.1. The Balaban J connectivity index is 2.91. The van der Waals surface area contributed by atoms with Crippen LogP contribution in [-0.2, 0) is 25.1 Å². The SMILES string of the molecule is NC1=Cc2c(cccc2S(=O)(=O)O)C(N)(S(=O)(=O)O)C1. The highest BCUT2D eigenvalue weighted by molar-refractivity contribution is 7.87. The number of nitrogens with two attached hydrogens (primary N) is 2. The zero-order chi connectivity index (χ0) is 15.3. The van der Waals surface area contributed by atoms with Crippen LogP contribution in [0.1, 0.15) is 17.5 Å². The molecule has 1 aliphatic rings. The number of hydrogen-bond donors (Lipinski definition) is 4. The fourth-order valence-corrected chi connectivity index (χ4v) is 3.65. The molecule has 1 atom stereocenters. The number of rotatable bonds is 2. The third-order valence-corrected chi connectivity index (χ3v) is 5.25. The molecule has 8 nitrogen and oxygen atoms in total. The lowest BCUT2D eigenvalue weighted by Gasteiger charge is -2.32. The summed E-state index contributed by atoms with van der Waals surface area (Å²) in [7, 11) is -9.35. The highest BCUT2D eigenvalue weighted by atomic mass is 32.2. The van der Waals surface area contributed by atoms with Gasteiger partial charge in [0.25, 0.3) is 20.2 Å². The molecular formula is C10H12N2O6S2. The van der Waals surface area contributed by atoms with E-state index in [1.807, 2.05) is 0 Å². The minimum absolute atomic E-state index is 0.0336. The Morgan fingerprint density at radius 2 is 1.75 bits per heavy atom. The summed E-state index contributed by atoms with van der Waals surface area (Å²) in [5.74, 6) is 0. The van der Waals surface area contributed by atoms with Gasteiger partial charge >= 0.3 is 0 Å². The monoisotopic (exact) mass is 320 g/mol. The molecule has 6 N–H and O–H groups in total. The van der Waals surface area contributed by atoms with Crippen LogP contribution in [-0.4, -0.2) is 25.9 Å². The zero-order valence-electron chi connectivity index (χ0n) is 10.0. The molecule has 0 heterocycles. The second-order valence-electron chi connectivity index (χ2n) is 4.45. The van der Waals surface area contributed by atoms with Crippen LogP contribution in [0.4, 0.5) is 0 Å². The third kappa shape index (κ3) is 2.21. The number of hydrogen-bond acceptors (Lipinski definition) is 6. The van der Waals surface area contributed by atoms with Crippen molar-refractivity contribution in [3.8, 4) is 0 Å². The summed E-state index contributed by atoms with van der Waals surface area (Å²) in [5, 5.41) is 0. The molecule has 110 valence electrons. The van der Waals surface area contributed by atoms with Gasteiger partial charge in [0.05, 0.1) is 0 Å². The summed E-state index contributed by atoms with van der Waals surface area (Å²) in [4.78, 5) is -2.79. The fourth-order valence-electron chi connectivity index (χ4n) is 2.15. The Morgan fingerprint density at radius 1 is 1.15 bits per heavy atom. The van der Waals surface area contributed by atoms with Crippen molar-refractivity contribution in [1.29, 1.82) is 0 Å². The first-order valence-electron chi connectivity index (χ1n) is 5.30. The minimum Gasteiger partial charge on any atom is -0.402 e. The molecule has 0 spiro atoms. The van der Waals surface area contributed by atoms with Gasteiger partial charge in [-0.1, -0.05) is 12.1 Å². The number of fused-ring (bicyclic) bond motifs is 1. The van der Waals surface area contributed by atoms with E-state index in [0.29, 0.717) is 0 Å². The molecule has 1 aromatic rings. The van der Waals surface area contributed by atoms with Crippen LogP contribution in [0.3, 0.4) is 0 Å². The maximum Gasteiger partial charge on any atom is 0.295 e. The lowest BCUT2D eigenvalue weighted by molar-refractivity contribution is 0.422. The first-order chi connectivity index (χ1) is 8.97. The van der Waals surface area contributed by atoms with Crippen LogP contribution in [0.5, 0.6) is 0 Å². The van der Waals surface area contributed by atoms with Gasteiger partial charge in [-0.25, -0.2) is 0 Å². The normalized spacial score (nSPS) is 23.1. The van der Waals surface area contributed by atoms with E-state index in [1.165, 1.54) is 18.2 Å². The standard InChI is InChI=1S/C10H12N2O6S2/c11-6-4-7-8(10(12,5-6)20(16,17)18)2-1-3-9(7)19(13,14)15/h1-4H,5,11-12H2,(H,13,14,15)(H,16,17,18). The maximum atomic E-state index is 11.5. The van der Waals surface area contributed by atoms with Crippen molar-refractivity contribution in [2.75, 3.05) is 0 Å². The van der Waals surface area contributed by atoms with E-state index in [1.54, 1.807) is 0 Å². The largest absolute Gasteiger partial charge is 0.402 e. The summed E-state index contributed by atoms with van der Waals surface area (Å²) >= 11 is 0. The van der Waals surface area contributed by atoms with Gasteiger partial charge in [0.2, 0.25) is 0 Å². The van der Waals surface area contributed by atoms with E-state index < -0.39 is 36.4 Å². The highest BCUT2D eigenvalue weighted by Gasteiger charge is 2.45. The molecule has 0 saturated carbocycles. The van der Waals surface area contributed by atoms with Crippen LogP contribution >= 0.6 is 0 Å². The van der Waals surface area contributed by atoms with Gasteiger partial charge in [-0.2, -0.15) is 16.8 Å². The average Bonchev–Trinajstić information content (AvgIpc) is 2.25. The summed E-state index contributed by atoms with van der Waals surface area (Å²) in [5.41, 5.74) is 10.9. The predicted octanol–water partition coefficient (Wildman–Crippen LogP) is -0.364. The molecule has 0 radical (unpaired) electrons. The second-order valence-corrected chi connectivity index (χ2v) is 7.52. The lowest BCUT2D eigenvalue weighted by atomic mass is 9.91. The summed E-state index contributed by atoms with van der Waals surface area (Å²) in [6, 6.07) is 3.54. The van der Waals surface area contributed by atoms with Crippen molar-refractivity contribution < 1.29 is 25.9 Å². The molecule has 1 aliphatic carbocycles. The molecule has 20 heavy (non-hydrogen) atoms. The van der Waals surface area contributed by atoms with Crippen molar-refractivity contribution in [2.45, 2.75) is 16.2 Å². The van der Waals surface area contributed by atoms with E-state index in [2.05, 4.69) is 0 Å². The van der Waals surface area contributed by atoms with Crippen molar-refractivity contribution in [2.24, 2.45) is 11.5 Å². The molecule has 1 unspecified atom stereocenters. The first-order valence-corrected chi connectivity index (χ1v) is 8.18. The lowest BCUT2D eigenvalue weighted by Crippen LogP contribution is -2.47. The van der Waals surface area contributed by atoms with Gasteiger partial charge in [0.1, 0.15) is 4.90 Å². The van der Waals surface area contributed by atoms with Gasteiger partial charge in [-0.3, -0.25) is 9.11 Å². The van der Waals surface area contributed by atoms with E-state index in [0.717, 1.165) is 6.07 Å². The van der Waals surface area contributed by atoms with E-state index >= 15 is 0 Å². The first kappa shape index (κ1) is 14.9. The average molecular weight is 320 g/mol. The van der Waals surface area contributed by atoms with Crippen molar-refractivity contribution in [3.63, 3.8) is 0 Å². The summed E-state index contributed by atoms with van der Waals surface area (Å²) in [6.45, 7) is 0. The van der Waals surface area contributed by atoms with E-state index in [9.17, 15) is 21.4 Å². The predicted molar refractivity (Wildman–Crippen MR) is 70.5 cm³/mol. The number of benzene rings is 1. The van der Waals surface area contributed by atoms with Gasteiger partial charge < -0.3 is 11.5 Å². The van der Waals surface area contributed by atoms with Crippen molar-refractivity contribution >= 4 is 26.3 Å². The molecule has 2 rings (SSSR count). The zero-order valence-corrected chi connectivity index (χ0v) is 11.6. The molecule has 10 heteroatoms. The van der Waals surface area contributed by atoms with Gasteiger partial charge in [0, 0.05) is 17.7 Å². The van der Waals surface area contributed by atoms with Gasteiger partial charge in [-0.15, -0.1) is 0 Å². The molecule has 0 amide bonds. The molecule has 0 saturated heterocycles. The molecule has 0 aromatic heterocycles. The Bertz CT molecular complexity index is 812. The molecule has 1 aromatic carbocycles. The summed E-state index contributed by atoms with van der Waals surface area (Å²) in [6.07, 6.45) is 0.808. The molecule has 0 aliphatic heterocycles. The molecule has 0 bridgehead atoms. The van der Waals surface area contributed by atoms with Crippen LogP contribution in [0, 0.1) is 0 Å². The van der Waals surface area contributed by atoms with Crippen molar-refractivity contribution in [1.82, 2.24) is 0 Å². The van der Waals surface area contributed by atoms with Crippen LogP contribution in [0.25, 0.3) is 6.08 Å². The molecular weight excluding hydrogens is 308 g/mol. The van der Waals surface area contributed by atoms with Crippen LogP contribution in [0.15, 0.2) is 28.8 Å². The minimum atomic E-state index is -4.75. The second kappa shape index (κ2) is 4.27. The van der Waals surface area contributed by atoms with E-state index in [4.69, 9.17) is 16.0 Å². The fraction of sp³-hybridized carbons (Fsp3) is 0.200. The van der Waals surface area contributed by atoms with E-state index in [-0.39, 0.29) is 16.8 Å². The van der Waals surface area contributed by atoms with Crippen molar-refractivity contribution in [3.05, 3.63) is 35.0 Å². The van der Waals surface area contributed by atoms with Gasteiger partial charge in [-0.05, 0) is 17.7 Å². The quantitative estimate of drug-likeness (QED) is 0.537. The maximum absolute atomic E-state index is 11.5. The smallest absolute Gasteiger partial charge is 0.295 e. The van der Waals surface area contributed by atoms with Gasteiger partial charge in [0.15, 0.2) is 4.87 Å². The Labute approximate surface area is 115 Å². The highest BCUT2D eigenvalue weighted by Crippen LogP contribution is 2.39. The van der Waals surface area contributed by atoms with Crippen LogP contribution < -0.4 is 11.5 Å². The third-order valence-electron chi connectivity index (χ3n) is 3.06.